The number of aryl methyl sites for hydroxylation is 1. The van der Waals surface area contributed by atoms with Crippen molar-refractivity contribution >= 4 is 21.1 Å². The van der Waals surface area contributed by atoms with Crippen molar-refractivity contribution in [3.63, 3.8) is 0 Å². The fourth-order valence-electron chi connectivity index (χ4n) is 2.84. The van der Waals surface area contributed by atoms with Crippen LogP contribution < -0.4 is 10.4 Å². The van der Waals surface area contributed by atoms with E-state index >= 15 is 0 Å². The van der Waals surface area contributed by atoms with Crippen LogP contribution in [-0.2, 0) is 16.6 Å². The van der Waals surface area contributed by atoms with Gasteiger partial charge in [0, 0.05) is 6.54 Å². The summed E-state index contributed by atoms with van der Waals surface area (Å²) < 4.78 is 29.6. The summed E-state index contributed by atoms with van der Waals surface area (Å²) in [7, 11) is -3.73. The fraction of sp³-hybridized carbons (Fsp3) is 0.308. The Bertz CT molecular complexity index is 1030. The van der Waals surface area contributed by atoms with Gasteiger partial charge in [0.25, 0.3) is 0 Å². The predicted molar refractivity (Wildman–Crippen MR) is 81.2 cm³/mol. The molecule has 23 heavy (non-hydrogen) atoms. The molecule has 0 spiro atoms. The molecule has 3 N–H and O–H groups in total. The van der Waals surface area contributed by atoms with Gasteiger partial charge in [-0.25, -0.2) is 27.6 Å². The third-order valence-electron chi connectivity index (χ3n) is 3.92. The normalized spacial score (nSPS) is 18.2. The number of imidazole rings is 1. The first kappa shape index (κ1) is 14.2. The summed E-state index contributed by atoms with van der Waals surface area (Å²) >= 11 is 0. The SMILES string of the molecule is O=c1[nH]c2ccc(S(=O)(=O)N[C@@H]3CCCn4ncnc43)cc2[nH]1. The third-order valence-corrected chi connectivity index (χ3v) is 5.38. The highest BCUT2D eigenvalue weighted by Gasteiger charge is 2.27. The number of hydrogen-bond donors (Lipinski definition) is 3. The number of aromatic amines is 2. The van der Waals surface area contributed by atoms with Crippen LogP contribution in [0.1, 0.15) is 24.7 Å². The zero-order chi connectivity index (χ0) is 16.0. The van der Waals surface area contributed by atoms with Crippen molar-refractivity contribution in [1.29, 1.82) is 0 Å². The number of sulfonamides is 1. The molecular formula is C13H14N6O3S. The summed E-state index contributed by atoms with van der Waals surface area (Å²) in [6, 6.07) is 4.05. The van der Waals surface area contributed by atoms with Crippen LogP contribution in [0.2, 0.25) is 0 Å². The minimum absolute atomic E-state index is 0.0943. The van der Waals surface area contributed by atoms with E-state index in [1.165, 1.54) is 18.5 Å². The molecule has 0 amide bonds. The summed E-state index contributed by atoms with van der Waals surface area (Å²) in [4.78, 5) is 20.7. The molecule has 2 aromatic heterocycles. The molecule has 1 aromatic carbocycles. The highest BCUT2D eigenvalue weighted by atomic mass is 32.2. The Balaban J connectivity index is 1.69. The van der Waals surface area contributed by atoms with E-state index in [0.717, 1.165) is 13.0 Å². The monoisotopic (exact) mass is 334 g/mol. The van der Waals surface area contributed by atoms with Crippen LogP contribution in [0.4, 0.5) is 0 Å². The average molecular weight is 334 g/mol. The molecule has 0 bridgehead atoms. The van der Waals surface area contributed by atoms with Crippen LogP contribution in [0.3, 0.4) is 0 Å². The molecule has 4 rings (SSSR count). The van der Waals surface area contributed by atoms with E-state index in [4.69, 9.17) is 0 Å². The molecule has 120 valence electrons. The van der Waals surface area contributed by atoms with Crippen molar-refractivity contribution in [2.75, 3.05) is 0 Å². The van der Waals surface area contributed by atoms with Gasteiger partial charge in [-0.15, -0.1) is 0 Å². The number of rotatable bonds is 3. The molecule has 0 unspecified atom stereocenters. The molecule has 1 aliphatic heterocycles. The molecule has 0 aliphatic carbocycles. The molecule has 0 fully saturated rings. The molecule has 3 aromatic rings. The van der Waals surface area contributed by atoms with E-state index in [1.54, 1.807) is 10.7 Å². The number of benzene rings is 1. The van der Waals surface area contributed by atoms with Gasteiger partial charge in [0.2, 0.25) is 10.0 Å². The predicted octanol–water partition coefficient (Wildman–Crippen LogP) is 0.261. The summed E-state index contributed by atoms with van der Waals surface area (Å²) in [6.45, 7) is 0.740. The van der Waals surface area contributed by atoms with E-state index in [0.29, 0.717) is 23.3 Å². The summed E-state index contributed by atoms with van der Waals surface area (Å²) in [5, 5.41) is 4.08. The van der Waals surface area contributed by atoms with Gasteiger partial charge < -0.3 is 9.97 Å². The van der Waals surface area contributed by atoms with Gasteiger partial charge in [0.15, 0.2) is 0 Å². The molecule has 10 heteroatoms. The first-order valence-electron chi connectivity index (χ1n) is 7.15. The largest absolute Gasteiger partial charge is 0.323 e. The second-order valence-electron chi connectivity index (χ2n) is 5.44. The molecule has 3 heterocycles. The molecule has 9 nitrogen and oxygen atoms in total. The lowest BCUT2D eigenvalue weighted by molar-refractivity contribution is 0.400. The van der Waals surface area contributed by atoms with Gasteiger partial charge >= 0.3 is 5.69 Å². The van der Waals surface area contributed by atoms with Crippen LogP contribution in [0.5, 0.6) is 0 Å². The summed E-state index contributed by atoms with van der Waals surface area (Å²) in [5.41, 5.74) is 0.638. The lowest BCUT2D eigenvalue weighted by Gasteiger charge is -2.23. The first-order chi connectivity index (χ1) is 11.0. The fourth-order valence-corrected chi connectivity index (χ4v) is 4.09. The molecule has 1 aliphatic rings. The van der Waals surface area contributed by atoms with Crippen LogP contribution >= 0.6 is 0 Å². The molecule has 1 atom stereocenters. The minimum Gasteiger partial charge on any atom is -0.306 e. The number of nitrogens with zero attached hydrogens (tertiary/aromatic N) is 3. The topological polar surface area (TPSA) is 126 Å². The van der Waals surface area contributed by atoms with Crippen molar-refractivity contribution in [1.82, 2.24) is 29.5 Å². The van der Waals surface area contributed by atoms with Crippen molar-refractivity contribution in [3.05, 3.63) is 40.8 Å². The van der Waals surface area contributed by atoms with Crippen molar-refractivity contribution < 1.29 is 8.42 Å². The van der Waals surface area contributed by atoms with Gasteiger partial charge in [0.05, 0.1) is 22.0 Å². The van der Waals surface area contributed by atoms with Crippen LogP contribution in [-0.4, -0.2) is 33.2 Å². The standard InChI is InChI=1S/C13H14N6O3S/c20-13-16-9-4-3-8(6-11(9)17-13)23(21,22)18-10-2-1-5-19-12(10)14-7-15-19/h3-4,6-7,10,18H,1-2,5H2,(H2,16,17,20)/t10-/m1/s1. The maximum Gasteiger partial charge on any atom is 0.323 e. The Morgan fingerprint density at radius 2 is 2.09 bits per heavy atom. The van der Waals surface area contributed by atoms with Crippen LogP contribution in [0, 0.1) is 0 Å². The van der Waals surface area contributed by atoms with Gasteiger partial charge in [-0.1, -0.05) is 0 Å². The lowest BCUT2D eigenvalue weighted by atomic mass is 10.1. The first-order valence-corrected chi connectivity index (χ1v) is 8.63. The number of aromatic nitrogens is 5. The average Bonchev–Trinajstić information content (AvgIpc) is 3.11. The Kier molecular flexibility index (Phi) is 3.10. The van der Waals surface area contributed by atoms with Gasteiger partial charge in [-0.05, 0) is 31.0 Å². The molecule has 0 saturated carbocycles. The summed E-state index contributed by atoms with van der Waals surface area (Å²) in [5.74, 6) is 0.621. The van der Waals surface area contributed by atoms with Crippen molar-refractivity contribution in [2.24, 2.45) is 0 Å². The number of fused-ring (bicyclic) bond motifs is 2. The quantitative estimate of drug-likeness (QED) is 0.633. The van der Waals surface area contributed by atoms with E-state index in [9.17, 15) is 13.2 Å². The van der Waals surface area contributed by atoms with Crippen LogP contribution in [0.25, 0.3) is 11.0 Å². The maximum atomic E-state index is 12.6. The zero-order valence-electron chi connectivity index (χ0n) is 12.0. The Morgan fingerprint density at radius 3 is 2.96 bits per heavy atom. The number of hydrogen-bond acceptors (Lipinski definition) is 5. The third kappa shape index (κ3) is 2.45. The van der Waals surface area contributed by atoms with Crippen molar-refractivity contribution in [2.45, 2.75) is 30.3 Å². The zero-order valence-corrected chi connectivity index (χ0v) is 12.8. The second-order valence-corrected chi connectivity index (χ2v) is 7.16. The lowest BCUT2D eigenvalue weighted by Crippen LogP contribution is -2.33. The van der Waals surface area contributed by atoms with Gasteiger partial charge in [-0.3, -0.25) is 0 Å². The molecule has 0 saturated heterocycles. The highest BCUT2D eigenvalue weighted by Crippen LogP contribution is 2.25. The van der Waals surface area contributed by atoms with Crippen LogP contribution in [0.15, 0.2) is 34.2 Å². The van der Waals surface area contributed by atoms with E-state index in [2.05, 4.69) is 24.8 Å². The maximum absolute atomic E-state index is 12.6. The Morgan fingerprint density at radius 1 is 1.26 bits per heavy atom. The van der Waals surface area contributed by atoms with E-state index < -0.39 is 16.1 Å². The number of H-pyrrole nitrogens is 2. The molecular weight excluding hydrogens is 320 g/mol. The second kappa shape index (κ2) is 5.03. The number of nitrogens with one attached hydrogen (secondary N) is 3. The smallest absolute Gasteiger partial charge is 0.306 e. The van der Waals surface area contributed by atoms with E-state index in [1.807, 2.05) is 0 Å². The minimum atomic E-state index is -3.73. The molecule has 0 radical (unpaired) electrons. The van der Waals surface area contributed by atoms with Gasteiger partial charge in [-0.2, -0.15) is 5.10 Å². The van der Waals surface area contributed by atoms with Gasteiger partial charge in [0.1, 0.15) is 12.2 Å². The van der Waals surface area contributed by atoms with Crippen molar-refractivity contribution in [3.8, 4) is 0 Å². The Labute approximate surface area is 130 Å². The Hall–Kier alpha value is -2.46. The van der Waals surface area contributed by atoms with E-state index in [-0.39, 0.29) is 10.6 Å². The highest BCUT2D eigenvalue weighted by molar-refractivity contribution is 7.89. The summed E-state index contributed by atoms with van der Waals surface area (Å²) in [6.07, 6.45) is 2.92.